The van der Waals surface area contributed by atoms with Crippen molar-refractivity contribution in [3.8, 4) is 0 Å². The van der Waals surface area contributed by atoms with E-state index in [1.165, 1.54) is 25.3 Å². The number of hydrogen-bond donors (Lipinski definition) is 1. The highest BCUT2D eigenvalue weighted by Gasteiger charge is 2.13. The van der Waals surface area contributed by atoms with E-state index in [1.807, 2.05) is 0 Å². The molecule has 0 saturated heterocycles. The molecule has 1 aromatic carbocycles. The highest BCUT2D eigenvalue weighted by Crippen LogP contribution is 2.22. The Balaban J connectivity index is 2.58. The van der Waals surface area contributed by atoms with Crippen molar-refractivity contribution in [1.29, 1.82) is 0 Å². The van der Waals surface area contributed by atoms with Crippen molar-refractivity contribution in [1.82, 2.24) is 0 Å². The van der Waals surface area contributed by atoms with Crippen LogP contribution < -0.4 is 5.32 Å². The molecule has 0 bridgehead atoms. The highest BCUT2D eigenvalue weighted by molar-refractivity contribution is 6.33. The molecule has 0 fully saturated rings. The van der Waals surface area contributed by atoms with Crippen LogP contribution >= 0.6 is 11.6 Å². The Morgan fingerprint density at radius 2 is 2.31 bits per heavy atom. The lowest BCUT2D eigenvalue weighted by atomic mass is 10.2. The second-order valence-corrected chi connectivity index (χ2v) is 3.84. The average Bonchev–Trinajstić information content (AvgIpc) is 2.26. The smallest absolute Gasteiger partial charge is 0.310 e. The predicted molar refractivity (Wildman–Crippen MR) is 61.1 cm³/mol. The maximum absolute atomic E-state index is 12.7. The Hall–Kier alpha value is -1.29. The second-order valence-electron chi connectivity index (χ2n) is 3.43. The SMILES string of the molecule is COC(=O)C(C)CNc1ccc(F)cc1Cl. The van der Waals surface area contributed by atoms with Crippen molar-refractivity contribution >= 4 is 23.3 Å². The van der Waals surface area contributed by atoms with E-state index in [1.54, 1.807) is 6.92 Å². The molecule has 1 rings (SSSR count). The molecule has 1 aromatic rings. The molecule has 3 nitrogen and oxygen atoms in total. The number of carbonyl (C=O) groups excluding carboxylic acids is 1. The summed E-state index contributed by atoms with van der Waals surface area (Å²) >= 11 is 5.81. The van der Waals surface area contributed by atoms with Crippen LogP contribution in [0.2, 0.25) is 5.02 Å². The first-order chi connectivity index (χ1) is 7.54. The second kappa shape index (κ2) is 5.70. The van der Waals surface area contributed by atoms with Gasteiger partial charge >= 0.3 is 5.97 Å². The van der Waals surface area contributed by atoms with Gasteiger partial charge in [-0.25, -0.2) is 4.39 Å². The lowest BCUT2D eigenvalue weighted by Gasteiger charge is -2.12. The monoisotopic (exact) mass is 245 g/mol. The minimum Gasteiger partial charge on any atom is -0.469 e. The van der Waals surface area contributed by atoms with Gasteiger partial charge in [-0.15, -0.1) is 0 Å². The van der Waals surface area contributed by atoms with Crippen LogP contribution in [0.25, 0.3) is 0 Å². The summed E-state index contributed by atoms with van der Waals surface area (Å²) in [5, 5.41) is 3.24. The quantitative estimate of drug-likeness (QED) is 0.829. The lowest BCUT2D eigenvalue weighted by molar-refractivity contribution is -0.144. The summed E-state index contributed by atoms with van der Waals surface area (Å²) in [4.78, 5) is 11.1. The largest absolute Gasteiger partial charge is 0.469 e. The summed E-state index contributed by atoms with van der Waals surface area (Å²) in [6, 6.07) is 4.05. The third-order valence-electron chi connectivity index (χ3n) is 2.13. The molecule has 1 unspecified atom stereocenters. The van der Waals surface area contributed by atoms with Gasteiger partial charge in [0.05, 0.1) is 23.7 Å². The van der Waals surface area contributed by atoms with E-state index in [2.05, 4.69) is 10.1 Å². The molecule has 1 N–H and O–H groups in total. The molecule has 0 saturated carbocycles. The zero-order valence-corrected chi connectivity index (χ0v) is 9.84. The fourth-order valence-electron chi connectivity index (χ4n) is 1.18. The van der Waals surface area contributed by atoms with Crippen LogP contribution in [0.1, 0.15) is 6.92 Å². The van der Waals surface area contributed by atoms with E-state index in [0.717, 1.165) is 0 Å². The van der Waals surface area contributed by atoms with Crippen LogP contribution in [-0.2, 0) is 9.53 Å². The molecule has 0 heterocycles. The van der Waals surface area contributed by atoms with Crippen LogP contribution in [0.4, 0.5) is 10.1 Å². The van der Waals surface area contributed by atoms with E-state index >= 15 is 0 Å². The minimum atomic E-state index is -0.392. The molecular formula is C11H13ClFNO2. The average molecular weight is 246 g/mol. The Morgan fingerprint density at radius 1 is 1.62 bits per heavy atom. The van der Waals surface area contributed by atoms with Gasteiger partial charge in [-0.05, 0) is 18.2 Å². The number of esters is 1. The van der Waals surface area contributed by atoms with E-state index < -0.39 is 5.82 Å². The number of benzene rings is 1. The minimum absolute atomic E-state index is 0.286. The van der Waals surface area contributed by atoms with Crippen molar-refractivity contribution in [3.63, 3.8) is 0 Å². The first kappa shape index (κ1) is 12.8. The van der Waals surface area contributed by atoms with Crippen molar-refractivity contribution in [2.75, 3.05) is 19.0 Å². The molecule has 1 atom stereocenters. The molecule has 0 radical (unpaired) electrons. The fraction of sp³-hybridized carbons (Fsp3) is 0.364. The summed E-state index contributed by atoms with van der Waals surface area (Å²) in [5.41, 5.74) is 0.596. The molecule has 0 spiro atoms. The Kier molecular flexibility index (Phi) is 4.55. The molecule has 0 aliphatic heterocycles. The molecule has 0 aromatic heterocycles. The number of hydrogen-bond acceptors (Lipinski definition) is 3. The fourth-order valence-corrected chi connectivity index (χ4v) is 1.41. The van der Waals surface area contributed by atoms with Crippen LogP contribution in [0.3, 0.4) is 0 Å². The van der Waals surface area contributed by atoms with Crippen molar-refractivity contribution in [2.24, 2.45) is 5.92 Å². The normalized spacial score (nSPS) is 12.0. The van der Waals surface area contributed by atoms with Gasteiger partial charge in [-0.2, -0.15) is 0 Å². The number of rotatable bonds is 4. The first-order valence-electron chi connectivity index (χ1n) is 4.81. The molecule has 5 heteroatoms. The van der Waals surface area contributed by atoms with Crippen molar-refractivity contribution in [2.45, 2.75) is 6.92 Å². The lowest BCUT2D eigenvalue weighted by Crippen LogP contribution is -2.21. The Bertz CT molecular complexity index is 384. The molecule has 0 aliphatic carbocycles. The Morgan fingerprint density at radius 3 is 2.88 bits per heavy atom. The summed E-state index contributed by atoms with van der Waals surface area (Å²) in [7, 11) is 1.34. The number of ether oxygens (including phenoxy) is 1. The van der Waals surface area contributed by atoms with Crippen molar-refractivity contribution in [3.05, 3.63) is 29.0 Å². The third-order valence-corrected chi connectivity index (χ3v) is 2.45. The molecule has 0 amide bonds. The summed E-state index contributed by atoms with van der Waals surface area (Å²) in [6.45, 7) is 2.12. The third kappa shape index (κ3) is 3.38. The zero-order valence-electron chi connectivity index (χ0n) is 9.09. The van der Waals surface area contributed by atoms with Crippen LogP contribution in [0.15, 0.2) is 18.2 Å². The molecular weight excluding hydrogens is 233 g/mol. The van der Waals surface area contributed by atoms with Gasteiger partial charge in [0.2, 0.25) is 0 Å². The van der Waals surface area contributed by atoms with Gasteiger partial charge in [0.25, 0.3) is 0 Å². The summed E-state index contributed by atoms with van der Waals surface area (Å²) in [5.74, 6) is -0.978. The maximum atomic E-state index is 12.7. The van der Waals surface area contributed by atoms with Gasteiger partial charge in [-0.3, -0.25) is 4.79 Å². The number of methoxy groups -OCH3 is 1. The molecule has 0 aliphatic rings. The standard InChI is InChI=1S/C11H13ClFNO2/c1-7(11(15)16-2)6-14-10-4-3-8(13)5-9(10)12/h3-5,7,14H,6H2,1-2H3. The topological polar surface area (TPSA) is 38.3 Å². The zero-order chi connectivity index (χ0) is 12.1. The van der Waals surface area contributed by atoms with Gasteiger partial charge < -0.3 is 10.1 Å². The first-order valence-corrected chi connectivity index (χ1v) is 5.19. The van der Waals surface area contributed by atoms with Gasteiger partial charge in [-0.1, -0.05) is 18.5 Å². The van der Waals surface area contributed by atoms with E-state index in [4.69, 9.17) is 11.6 Å². The predicted octanol–water partition coefficient (Wildman–Crippen LogP) is 2.70. The number of anilines is 1. The van der Waals surface area contributed by atoms with Gasteiger partial charge in [0.1, 0.15) is 5.82 Å². The van der Waals surface area contributed by atoms with Crippen LogP contribution in [0.5, 0.6) is 0 Å². The van der Waals surface area contributed by atoms with Gasteiger partial charge in [0, 0.05) is 6.54 Å². The maximum Gasteiger partial charge on any atom is 0.310 e. The number of carbonyl (C=O) groups is 1. The van der Waals surface area contributed by atoms with Crippen molar-refractivity contribution < 1.29 is 13.9 Å². The van der Waals surface area contributed by atoms with E-state index in [9.17, 15) is 9.18 Å². The van der Waals surface area contributed by atoms with Crippen LogP contribution in [-0.4, -0.2) is 19.6 Å². The number of nitrogens with one attached hydrogen (secondary N) is 1. The highest BCUT2D eigenvalue weighted by atomic mass is 35.5. The van der Waals surface area contributed by atoms with E-state index in [0.29, 0.717) is 12.2 Å². The number of halogens is 2. The van der Waals surface area contributed by atoms with Crippen LogP contribution in [0, 0.1) is 11.7 Å². The van der Waals surface area contributed by atoms with Gasteiger partial charge in [0.15, 0.2) is 0 Å². The summed E-state index contributed by atoms with van der Waals surface area (Å²) < 4.78 is 17.3. The summed E-state index contributed by atoms with van der Waals surface area (Å²) in [6.07, 6.45) is 0. The molecule has 88 valence electrons. The van der Waals surface area contributed by atoms with E-state index in [-0.39, 0.29) is 16.9 Å². The Labute approximate surface area is 98.5 Å². The molecule has 16 heavy (non-hydrogen) atoms.